The van der Waals surface area contributed by atoms with Crippen molar-refractivity contribution in [2.24, 2.45) is 0 Å². The molecule has 1 atom stereocenters. The molecule has 250 valence electrons. The van der Waals surface area contributed by atoms with Crippen molar-refractivity contribution in [3.63, 3.8) is 0 Å². The molecule has 2 aliphatic rings. The number of carbonyl (C=O) groups excluding carboxylic acids is 2. The molecule has 0 bridgehead atoms. The predicted octanol–water partition coefficient (Wildman–Crippen LogP) is 7.85. The first-order chi connectivity index (χ1) is 23.4. The summed E-state index contributed by atoms with van der Waals surface area (Å²) in [5.74, 6) is 0.560. The molecule has 3 heterocycles. The number of Topliss-reactive ketones (excluding diaryl/α,β-unsaturated/α-hetero) is 1. The van der Waals surface area contributed by atoms with Crippen LogP contribution in [0.2, 0.25) is 5.02 Å². The molecule has 0 aliphatic carbocycles. The summed E-state index contributed by atoms with van der Waals surface area (Å²) in [6.45, 7) is 5.65. The fourth-order valence-electron chi connectivity index (χ4n) is 5.39. The van der Waals surface area contributed by atoms with Crippen molar-refractivity contribution in [2.75, 3.05) is 31.3 Å². The van der Waals surface area contributed by atoms with E-state index in [-0.39, 0.29) is 16.5 Å². The molecule has 48 heavy (non-hydrogen) atoms. The number of aliphatic hydroxyl groups excluding tert-OH is 1. The zero-order chi connectivity index (χ0) is 33.6. The Labute approximate surface area is 291 Å². The van der Waals surface area contributed by atoms with E-state index in [0.717, 1.165) is 24.8 Å². The molecule has 10 nitrogen and oxygen atoms in total. The predicted molar refractivity (Wildman–Crippen MR) is 186 cm³/mol. The lowest BCUT2D eigenvalue weighted by atomic mass is 9.95. The Morgan fingerprint density at radius 3 is 2.54 bits per heavy atom. The Morgan fingerprint density at radius 2 is 1.77 bits per heavy atom. The highest BCUT2D eigenvalue weighted by molar-refractivity contribution is 8.00. The van der Waals surface area contributed by atoms with Gasteiger partial charge in [-0.1, -0.05) is 72.7 Å². The Balaban J connectivity index is 1.40. The lowest BCUT2D eigenvalue weighted by Gasteiger charge is -2.24. The van der Waals surface area contributed by atoms with Crippen LogP contribution in [-0.2, 0) is 15.3 Å². The first-order valence-electron chi connectivity index (χ1n) is 15.7. The number of hydrogen-bond donors (Lipinski definition) is 1. The van der Waals surface area contributed by atoms with Crippen molar-refractivity contribution in [3.8, 4) is 23.0 Å². The topological polar surface area (TPSA) is 120 Å². The van der Waals surface area contributed by atoms with E-state index >= 15 is 0 Å². The van der Waals surface area contributed by atoms with Gasteiger partial charge in [0.15, 0.2) is 27.3 Å². The molecule has 0 radical (unpaired) electrons. The number of fused-ring (bicyclic) bond motifs is 1. The third-order valence-electron chi connectivity index (χ3n) is 7.73. The smallest absolute Gasteiger partial charge is 0.301 e. The van der Waals surface area contributed by atoms with Crippen molar-refractivity contribution in [2.45, 2.75) is 49.2 Å². The number of aromatic nitrogens is 2. The zero-order valence-electron chi connectivity index (χ0n) is 26.4. The number of carbonyl (C=O) groups is 2. The molecule has 1 aromatic heterocycles. The highest BCUT2D eigenvalue weighted by Crippen LogP contribution is 2.46. The van der Waals surface area contributed by atoms with E-state index in [0.29, 0.717) is 75.7 Å². The average Bonchev–Trinajstić information content (AvgIpc) is 3.68. The highest BCUT2D eigenvalue weighted by Gasteiger charge is 2.48. The Bertz CT molecular complexity index is 1830. The van der Waals surface area contributed by atoms with Crippen molar-refractivity contribution < 1.29 is 33.6 Å². The maximum atomic E-state index is 13.8. The Hall–Kier alpha value is -4.26. The maximum absolute atomic E-state index is 13.8. The second kappa shape index (κ2) is 15.3. The van der Waals surface area contributed by atoms with Crippen LogP contribution in [0.3, 0.4) is 0 Å². The fourth-order valence-corrected chi connectivity index (χ4v) is 7.34. The summed E-state index contributed by atoms with van der Waals surface area (Å²) in [7, 11) is 0. The lowest BCUT2D eigenvalue weighted by Crippen LogP contribution is -2.29. The van der Waals surface area contributed by atoms with E-state index in [1.807, 2.05) is 31.2 Å². The van der Waals surface area contributed by atoms with Gasteiger partial charge in [0.1, 0.15) is 19.0 Å². The van der Waals surface area contributed by atoms with Gasteiger partial charge in [-0.2, -0.15) is 0 Å². The largest absolute Gasteiger partial charge is 0.507 e. The van der Waals surface area contributed by atoms with E-state index in [1.54, 1.807) is 36.4 Å². The lowest BCUT2D eigenvalue weighted by molar-refractivity contribution is -0.132. The summed E-state index contributed by atoms with van der Waals surface area (Å²) < 4.78 is 24.0. The number of thioether (sulfide) groups is 1. The number of hydrogen-bond acceptors (Lipinski definition) is 11. The summed E-state index contributed by atoms with van der Waals surface area (Å²) in [5.41, 5.74) is 1.78. The van der Waals surface area contributed by atoms with Gasteiger partial charge in [-0.3, -0.25) is 14.5 Å². The summed E-state index contributed by atoms with van der Waals surface area (Å²) >= 11 is 8.67. The minimum atomic E-state index is -1.03. The van der Waals surface area contributed by atoms with E-state index in [2.05, 4.69) is 17.1 Å². The van der Waals surface area contributed by atoms with E-state index in [4.69, 9.17) is 30.5 Å². The van der Waals surface area contributed by atoms with Crippen LogP contribution in [0.15, 0.2) is 70.6 Å². The van der Waals surface area contributed by atoms with E-state index in [1.165, 1.54) is 28.0 Å². The molecule has 3 aromatic carbocycles. The number of nitrogens with zero attached hydrogens (tertiary/aromatic N) is 3. The first kappa shape index (κ1) is 33.6. The highest BCUT2D eigenvalue weighted by atomic mass is 35.5. The Morgan fingerprint density at radius 1 is 0.979 bits per heavy atom. The number of rotatable bonds is 13. The molecule has 0 spiro atoms. The second-order valence-electron chi connectivity index (χ2n) is 11.0. The zero-order valence-corrected chi connectivity index (χ0v) is 28.8. The van der Waals surface area contributed by atoms with Crippen LogP contribution in [0.1, 0.15) is 55.8 Å². The fraction of sp³-hybridized carbons (Fsp3) is 0.314. The molecule has 13 heteroatoms. The number of benzene rings is 3. The SMILES string of the molecule is CCCCCOc1ccc([C@H]2/C(=C(\O)c3ccc4c(c3)OCCO4)C(=O)C(=O)N2c2nnc(SCc3ccc(Cl)cc3)s2)cc1OCC. The summed E-state index contributed by atoms with van der Waals surface area (Å²) in [6.07, 6.45) is 3.00. The molecule has 4 aromatic rings. The molecule has 0 unspecified atom stereocenters. The first-order valence-corrected chi connectivity index (χ1v) is 17.9. The van der Waals surface area contributed by atoms with Crippen molar-refractivity contribution in [1.29, 1.82) is 0 Å². The third kappa shape index (κ3) is 7.25. The van der Waals surface area contributed by atoms with Crippen LogP contribution < -0.4 is 23.8 Å². The van der Waals surface area contributed by atoms with Gasteiger partial charge in [-0.25, -0.2) is 0 Å². The molecule has 0 saturated carbocycles. The summed E-state index contributed by atoms with van der Waals surface area (Å²) in [5, 5.41) is 21.2. The number of aliphatic hydroxyl groups is 1. The van der Waals surface area contributed by atoms with Gasteiger partial charge >= 0.3 is 5.91 Å². The van der Waals surface area contributed by atoms with Crippen LogP contribution in [0.5, 0.6) is 23.0 Å². The van der Waals surface area contributed by atoms with Crippen LogP contribution in [0.4, 0.5) is 5.13 Å². The monoisotopic (exact) mass is 707 g/mol. The normalized spacial score (nSPS) is 16.7. The van der Waals surface area contributed by atoms with Crippen molar-refractivity contribution in [3.05, 3.63) is 87.9 Å². The van der Waals surface area contributed by atoms with Gasteiger partial charge in [0.25, 0.3) is 5.78 Å². The van der Waals surface area contributed by atoms with Crippen LogP contribution in [0, 0.1) is 0 Å². The number of halogens is 1. The summed E-state index contributed by atoms with van der Waals surface area (Å²) in [6, 6.07) is 16.7. The van der Waals surface area contributed by atoms with Crippen LogP contribution in [-0.4, -0.2) is 53.4 Å². The molecule has 6 rings (SSSR count). The van der Waals surface area contributed by atoms with Gasteiger partial charge < -0.3 is 24.1 Å². The summed E-state index contributed by atoms with van der Waals surface area (Å²) in [4.78, 5) is 28.9. The quantitative estimate of drug-likeness (QED) is 0.0367. The number of ether oxygens (including phenoxy) is 4. The van der Waals surface area contributed by atoms with Gasteiger partial charge in [-0.15, -0.1) is 10.2 Å². The molecule has 1 amide bonds. The van der Waals surface area contributed by atoms with Gasteiger partial charge in [0, 0.05) is 16.3 Å². The second-order valence-corrected chi connectivity index (χ2v) is 13.6. The van der Waals surface area contributed by atoms with Crippen molar-refractivity contribution in [1.82, 2.24) is 10.2 Å². The average molecular weight is 708 g/mol. The minimum Gasteiger partial charge on any atom is -0.507 e. The number of anilines is 1. The van der Waals surface area contributed by atoms with E-state index in [9.17, 15) is 14.7 Å². The van der Waals surface area contributed by atoms with Crippen LogP contribution in [0.25, 0.3) is 5.76 Å². The van der Waals surface area contributed by atoms with Crippen LogP contribution >= 0.6 is 34.7 Å². The molecule has 1 saturated heterocycles. The molecule has 2 aliphatic heterocycles. The van der Waals surface area contributed by atoms with E-state index < -0.39 is 17.7 Å². The number of ketones is 1. The minimum absolute atomic E-state index is 0.0960. The standard InChI is InChI=1S/C35H34ClN3O7S2/c1-3-5-6-15-44-25-13-9-22(18-27(25)43-4-2)30-29(31(40)23-10-14-26-28(19-23)46-17-16-45-26)32(41)33(42)39(30)34-37-38-35(48-34)47-20-21-7-11-24(36)12-8-21/h7-14,18-19,30,40H,3-6,15-17,20H2,1-2H3/b31-29+/t30-/m0/s1. The maximum Gasteiger partial charge on any atom is 0.301 e. The number of amides is 1. The van der Waals surface area contributed by atoms with Gasteiger partial charge in [0.2, 0.25) is 5.13 Å². The third-order valence-corrected chi connectivity index (χ3v) is 10.1. The molecular formula is C35H34ClN3O7S2. The molecule has 1 fully saturated rings. The van der Waals surface area contributed by atoms with Gasteiger partial charge in [-0.05, 0) is 66.9 Å². The van der Waals surface area contributed by atoms with Crippen molar-refractivity contribution >= 4 is 57.3 Å². The molecule has 1 N–H and O–H groups in total. The molecular weight excluding hydrogens is 674 g/mol. The Kier molecular flexibility index (Phi) is 10.7. The number of unbranched alkanes of at least 4 members (excludes halogenated alkanes) is 2. The van der Waals surface area contributed by atoms with Gasteiger partial charge in [0.05, 0.1) is 24.8 Å².